The number of hydrogen-bond donors (Lipinski definition) is 1. The van der Waals surface area contributed by atoms with Crippen molar-refractivity contribution in [3.05, 3.63) is 71.8 Å². The van der Waals surface area contributed by atoms with Gasteiger partial charge in [0.1, 0.15) is 12.1 Å². The Labute approximate surface area is 162 Å². The van der Waals surface area contributed by atoms with Crippen LogP contribution in [0.4, 0.5) is 4.39 Å². The molecule has 0 aliphatic carbocycles. The summed E-state index contributed by atoms with van der Waals surface area (Å²) in [5.74, 6) is -0.409. The van der Waals surface area contributed by atoms with Gasteiger partial charge in [0.15, 0.2) is 5.16 Å². The standard InChI is InChI=1S/C20H21FN4OS/c1-13-6-4-5-7-18(13)25-12-22-24-20(25)27-15(3)19(26)23-14(2)16-8-10-17(21)11-9-16/h4-12,14-15H,1-3H3,(H,23,26). The Balaban J connectivity index is 1.68. The van der Waals surface area contributed by atoms with Crippen molar-refractivity contribution in [1.82, 2.24) is 20.1 Å². The molecular formula is C20H21FN4OS. The van der Waals surface area contributed by atoms with E-state index >= 15 is 0 Å². The summed E-state index contributed by atoms with van der Waals surface area (Å²) in [6.45, 7) is 5.72. The Morgan fingerprint density at radius 2 is 1.85 bits per heavy atom. The number of carbonyl (C=O) groups excluding carboxylic acids is 1. The van der Waals surface area contributed by atoms with Crippen LogP contribution >= 0.6 is 11.8 Å². The van der Waals surface area contributed by atoms with Crippen molar-refractivity contribution < 1.29 is 9.18 Å². The lowest BCUT2D eigenvalue weighted by Crippen LogP contribution is -2.33. The number of nitrogens with one attached hydrogen (secondary N) is 1. The van der Waals surface area contributed by atoms with Gasteiger partial charge in [-0.3, -0.25) is 9.36 Å². The highest BCUT2D eigenvalue weighted by Crippen LogP contribution is 2.26. The van der Waals surface area contributed by atoms with Crippen molar-refractivity contribution in [3.8, 4) is 5.69 Å². The molecule has 1 amide bonds. The summed E-state index contributed by atoms with van der Waals surface area (Å²) in [6, 6.07) is 13.9. The maximum absolute atomic E-state index is 13.1. The number of thioether (sulfide) groups is 1. The number of benzene rings is 2. The molecule has 0 saturated heterocycles. The second-order valence-corrected chi connectivity index (χ2v) is 7.62. The van der Waals surface area contributed by atoms with Gasteiger partial charge in [0.2, 0.25) is 5.91 Å². The molecule has 5 nitrogen and oxygen atoms in total. The third kappa shape index (κ3) is 4.54. The van der Waals surface area contributed by atoms with E-state index in [9.17, 15) is 9.18 Å². The highest BCUT2D eigenvalue weighted by atomic mass is 32.2. The van der Waals surface area contributed by atoms with E-state index in [1.54, 1.807) is 18.5 Å². The maximum atomic E-state index is 13.1. The van der Waals surface area contributed by atoms with E-state index in [0.717, 1.165) is 16.8 Å². The number of para-hydroxylation sites is 1. The normalized spacial score (nSPS) is 13.2. The topological polar surface area (TPSA) is 59.8 Å². The molecule has 0 bridgehead atoms. The number of amides is 1. The molecule has 0 saturated carbocycles. The van der Waals surface area contributed by atoms with E-state index < -0.39 is 0 Å². The summed E-state index contributed by atoms with van der Waals surface area (Å²) in [5.41, 5.74) is 2.93. The van der Waals surface area contributed by atoms with Crippen LogP contribution in [0.25, 0.3) is 5.69 Å². The summed E-state index contributed by atoms with van der Waals surface area (Å²) in [7, 11) is 0. The van der Waals surface area contributed by atoms with Crippen molar-refractivity contribution in [3.63, 3.8) is 0 Å². The second-order valence-electron chi connectivity index (χ2n) is 6.31. The SMILES string of the molecule is Cc1ccccc1-n1cnnc1SC(C)C(=O)NC(C)c1ccc(F)cc1. The molecule has 1 aromatic heterocycles. The van der Waals surface area contributed by atoms with Gasteiger partial charge >= 0.3 is 0 Å². The molecule has 3 aromatic rings. The van der Waals surface area contributed by atoms with Crippen LogP contribution in [0.15, 0.2) is 60.0 Å². The summed E-state index contributed by atoms with van der Waals surface area (Å²) < 4.78 is 14.9. The van der Waals surface area contributed by atoms with Gasteiger partial charge in [-0.25, -0.2) is 4.39 Å². The fourth-order valence-electron chi connectivity index (χ4n) is 2.68. The predicted molar refractivity (Wildman–Crippen MR) is 104 cm³/mol. The average Bonchev–Trinajstić information content (AvgIpc) is 3.10. The van der Waals surface area contributed by atoms with Crippen LogP contribution in [0, 0.1) is 12.7 Å². The third-order valence-electron chi connectivity index (χ3n) is 4.27. The zero-order valence-electron chi connectivity index (χ0n) is 15.4. The first kappa shape index (κ1) is 19.1. The van der Waals surface area contributed by atoms with Crippen LogP contribution < -0.4 is 5.32 Å². The van der Waals surface area contributed by atoms with Gasteiger partial charge in [-0.1, -0.05) is 42.1 Å². The van der Waals surface area contributed by atoms with E-state index in [2.05, 4.69) is 15.5 Å². The molecule has 0 radical (unpaired) electrons. The second kappa shape index (κ2) is 8.35. The molecule has 0 fully saturated rings. The molecule has 3 rings (SSSR count). The Morgan fingerprint density at radius 1 is 1.15 bits per heavy atom. The Bertz CT molecular complexity index is 926. The minimum atomic E-state index is -0.361. The van der Waals surface area contributed by atoms with Crippen LogP contribution in [0.2, 0.25) is 0 Å². The maximum Gasteiger partial charge on any atom is 0.233 e. The van der Waals surface area contributed by atoms with E-state index in [1.165, 1.54) is 23.9 Å². The molecular weight excluding hydrogens is 363 g/mol. The van der Waals surface area contributed by atoms with Crippen molar-refractivity contribution >= 4 is 17.7 Å². The zero-order valence-corrected chi connectivity index (χ0v) is 16.2. The molecule has 1 N–H and O–H groups in total. The summed E-state index contributed by atoms with van der Waals surface area (Å²) in [4.78, 5) is 12.6. The van der Waals surface area contributed by atoms with Gasteiger partial charge in [0.05, 0.1) is 17.0 Å². The minimum Gasteiger partial charge on any atom is -0.349 e. The number of aromatic nitrogens is 3. The number of carbonyl (C=O) groups is 1. The fraction of sp³-hybridized carbons (Fsp3) is 0.250. The largest absolute Gasteiger partial charge is 0.349 e. The van der Waals surface area contributed by atoms with Gasteiger partial charge in [0.25, 0.3) is 0 Å². The van der Waals surface area contributed by atoms with Crippen LogP contribution in [0.3, 0.4) is 0 Å². The number of rotatable bonds is 6. The summed E-state index contributed by atoms with van der Waals surface area (Å²) in [6.07, 6.45) is 1.65. The van der Waals surface area contributed by atoms with Crippen molar-refractivity contribution in [1.29, 1.82) is 0 Å². The lowest BCUT2D eigenvalue weighted by Gasteiger charge is -2.18. The Kier molecular flexibility index (Phi) is 5.91. The van der Waals surface area contributed by atoms with Crippen LogP contribution in [0.5, 0.6) is 0 Å². The van der Waals surface area contributed by atoms with Gasteiger partial charge < -0.3 is 5.32 Å². The van der Waals surface area contributed by atoms with Gasteiger partial charge in [-0.15, -0.1) is 10.2 Å². The molecule has 1 heterocycles. The quantitative estimate of drug-likeness (QED) is 0.651. The lowest BCUT2D eigenvalue weighted by molar-refractivity contribution is -0.120. The molecule has 0 aliphatic heterocycles. The Morgan fingerprint density at radius 3 is 2.56 bits per heavy atom. The first-order valence-electron chi connectivity index (χ1n) is 8.64. The van der Waals surface area contributed by atoms with E-state index in [1.807, 2.05) is 49.6 Å². The molecule has 2 unspecified atom stereocenters. The fourth-order valence-corrected chi connectivity index (χ4v) is 3.53. The molecule has 0 aliphatic rings. The third-order valence-corrected chi connectivity index (χ3v) is 5.33. The molecule has 27 heavy (non-hydrogen) atoms. The highest BCUT2D eigenvalue weighted by molar-refractivity contribution is 8.00. The zero-order chi connectivity index (χ0) is 19.4. The molecule has 0 spiro atoms. The van der Waals surface area contributed by atoms with Gasteiger partial charge in [-0.05, 0) is 50.1 Å². The van der Waals surface area contributed by atoms with E-state index in [0.29, 0.717) is 5.16 Å². The predicted octanol–water partition coefficient (Wildman–Crippen LogP) is 4.07. The molecule has 2 atom stereocenters. The van der Waals surface area contributed by atoms with Crippen LogP contribution in [-0.2, 0) is 4.79 Å². The number of aryl methyl sites for hydroxylation is 1. The number of hydrogen-bond acceptors (Lipinski definition) is 4. The van der Waals surface area contributed by atoms with Gasteiger partial charge in [0, 0.05) is 0 Å². The summed E-state index contributed by atoms with van der Waals surface area (Å²) >= 11 is 1.35. The van der Waals surface area contributed by atoms with E-state index in [-0.39, 0.29) is 23.0 Å². The van der Waals surface area contributed by atoms with Gasteiger partial charge in [-0.2, -0.15) is 0 Å². The van der Waals surface area contributed by atoms with Crippen molar-refractivity contribution in [2.45, 2.75) is 37.2 Å². The molecule has 7 heteroatoms. The summed E-state index contributed by atoms with van der Waals surface area (Å²) in [5, 5.41) is 11.4. The van der Waals surface area contributed by atoms with E-state index in [4.69, 9.17) is 0 Å². The van der Waals surface area contributed by atoms with Crippen molar-refractivity contribution in [2.24, 2.45) is 0 Å². The first-order chi connectivity index (χ1) is 13.0. The first-order valence-corrected chi connectivity index (χ1v) is 9.52. The van der Waals surface area contributed by atoms with Crippen molar-refractivity contribution in [2.75, 3.05) is 0 Å². The Hall–Kier alpha value is -2.67. The molecule has 140 valence electrons. The lowest BCUT2D eigenvalue weighted by atomic mass is 10.1. The van der Waals surface area contributed by atoms with Crippen LogP contribution in [-0.4, -0.2) is 25.9 Å². The number of nitrogens with zero attached hydrogens (tertiary/aromatic N) is 3. The monoisotopic (exact) mass is 384 g/mol. The van der Waals surface area contributed by atoms with Crippen LogP contribution in [0.1, 0.15) is 31.0 Å². The average molecular weight is 384 g/mol. The smallest absolute Gasteiger partial charge is 0.233 e. The minimum absolute atomic E-state index is 0.115. The molecule has 2 aromatic carbocycles. The number of halogens is 1. The highest BCUT2D eigenvalue weighted by Gasteiger charge is 2.20.